The Kier molecular flexibility index (Phi) is 9.30. The van der Waals surface area contributed by atoms with Gasteiger partial charge in [-0.2, -0.15) is 5.26 Å². The van der Waals surface area contributed by atoms with E-state index in [1.54, 1.807) is 13.2 Å². The number of unbranched alkanes of at least 4 members (excludes halogenated alkanes) is 1. The topological polar surface area (TPSA) is 70.3 Å². The molecule has 0 unspecified atom stereocenters. The molecular weight excluding hydrogens is 419 g/mol. The number of fused-ring (bicyclic) bond motifs is 1. The molecule has 0 radical (unpaired) electrons. The number of hydrogen-bond donors (Lipinski definition) is 1. The first-order valence-electron chi connectivity index (χ1n) is 10.7. The zero-order valence-corrected chi connectivity index (χ0v) is 19.3. The minimum atomic E-state index is -0.376. The number of benzene rings is 1. The van der Waals surface area contributed by atoms with E-state index < -0.39 is 0 Å². The molecule has 1 saturated heterocycles. The molecule has 31 heavy (non-hydrogen) atoms. The summed E-state index contributed by atoms with van der Waals surface area (Å²) in [6.45, 7) is 6.86. The van der Waals surface area contributed by atoms with Gasteiger partial charge in [0.15, 0.2) is 0 Å². The number of halogens is 2. The maximum atomic E-state index is 14.1. The molecular formula is C23H32ClFN4O2. The van der Waals surface area contributed by atoms with Crippen molar-refractivity contribution in [1.29, 1.82) is 5.26 Å². The number of ether oxygens (including phenoxy) is 1. The van der Waals surface area contributed by atoms with Crippen molar-refractivity contribution < 1.29 is 13.9 Å². The number of aromatic nitrogens is 1. The number of hydrogen-bond acceptors (Lipinski definition) is 4. The predicted molar refractivity (Wildman–Crippen MR) is 122 cm³/mol. The average Bonchev–Trinajstić information content (AvgIpc) is 3.04. The molecule has 2 aromatic rings. The van der Waals surface area contributed by atoms with Crippen molar-refractivity contribution in [3.05, 3.63) is 35.3 Å². The summed E-state index contributed by atoms with van der Waals surface area (Å²) in [4.78, 5) is 15.7. The third-order valence-electron chi connectivity index (χ3n) is 5.78. The van der Waals surface area contributed by atoms with Gasteiger partial charge in [-0.1, -0.05) is 0 Å². The van der Waals surface area contributed by atoms with Crippen LogP contribution in [0.5, 0.6) is 0 Å². The van der Waals surface area contributed by atoms with Gasteiger partial charge >= 0.3 is 0 Å². The molecule has 6 nitrogen and oxygen atoms in total. The number of amides is 1. The minimum Gasteiger partial charge on any atom is -0.385 e. The van der Waals surface area contributed by atoms with Crippen molar-refractivity contribution in [2.75, 3.05) is 26.8 Å². The molecule has 0 spiro atoms. The van der Waals surface area contributed by atoms with Crippen molar-refractivity contribution in [3.63, 3.8) is 0 Å². The second-order valence-electron chi connectivity index (χ2n) is 8.15. The second-order valence-corrected chi connectivity index (χ2v) is 8.15. The molecule has 1 aliphatic rings. The van der Waals surface area contributed by atoms with Gasteiger partial charge in [0.25, 0.3) is 5.91 Å². The van der Waals surface area contributed by atoms with Crippen LogP contribution in [0, 0.1) is 17.1 Å². The van der Waals surface area contributed by atoms with E-state index in [2.05, 4.69) is 11.4 Å². The number of nitrogens with zero attached hydrogens (tertiary/aromatic N) is 3. The molecule has 170 valence electrons. The number of nitrogens with one attached hydrogen (secondary N) is 1. The zero-order chi connectivity index (χ0) is 21.7. The number of aryl methyl sites for hydroxylation is 1. The third kappa shape index (κ3) is 5.38. The summed E-state index contributed by atoms with van der Waals surface area (Å²) in [7, 11) is 1.65. The fourth-order valence-electron chi connectivity index (χ4n) is 4.42. The minimum absolute atomic E-state index is 0. The van der Waals surface area contributed by atoms with Crippen LogP contribution in [0.1, 0.15) is 55.6 Å². The van der Waals surface area contributed by atoms with Crippen LogP contribution in [0.25, 0.3) is 10.9 Å². The average molecular weight is 451 g/mol. The molecule has 1 amide bonds. The standard InChI is InChI=1S/C23H31FN4O2.ClH/c1-16(2)28(18-7-6-10-26-15-18)23(29)22-20(14-25)19-9-8-17(24)13-21(19)27(22)11-4-5-12-30-3;/h8-9,13,16,18,26H,4-7,10-12,15H2,1-3H3;1H/t18-;/m1./s1. The molecule has 0 bridgehead atoms. The molecule has 1 aliphatic heterocycles. The SMILES string of the molecule is COCCCCn1c(C(=O)N(C(C)C)[C@@H]2CCCNC2)c(C#N)c2ccc(F)cc21.Cl. The predicted octanol–water partition coefficient (Wildman–Crippen LogP) is 4.10. The summed E-state index contributed by atoms with van der Waals surface area (Å²) >= 11 is 0. The molecule has 2 heterocycles. The lowest BCUT2D eigenvalue weighted by molar-refractivity contribution is 0.0562. The lowest BCUT2D eigenvalue weighted by atomic mass is 10.0. The summed E-state index contributed by atoms with van der Waals surface area (Å²) in [5.41, 5.74) is 1.30. The molecule has 3 rings (SSSR count). The lowest BCUT2D eigenvalue weighted by Gasteiger charge is -2.37. The van der Waals surface area contributed by atoms with Gasteiger partial charge in [-0.3, -0.25) is 4.79 Å². The van der Waals surface area contributed by atoms with Crippen LogP contribution < -0.4 is 5.32 Å². The highest BCUT2D eigenvalue weighted by Crippen LogP contribution is 2.30. The summed E-state index contributed by atoms with van der Waals surface area (Å²) < 4.78 is 21.0. The highest BCUT2D eigenvalue weighted by molar-refractivity contribution is 6.03. The van der Waals surface area contributed by atoms with Crippen LogP contribution in [0.4, 0.5) is 4.39 Å². The number of piperidine rings is 1. The second kappa shape index (κ2) is 11.5. The maximum absolute atomic E-state index is 14.1. The van der Waals surface area contributed by atoms with Crippen LogP contribution in [0.15, 0.2) is 18.2 Å². The van der Waals surface area contributed by atoms with Crippen molar-refractivity contribution in [3.8, 4) is 6.07 Å². The van der Waals surface area contributed by atoms with E-state index in [1.165, 1.54) is 12.1 Å². The fourth-order valence-corrected chi connectivity index (χ4v) is 4.42. The van der Waals surface area contributed by atoms with Gasteiger partial charge in [0.1, 0.15) is 17.6 Å². The Morgan fingerprint density at radius 3 is 2.81 bits per heavy atom. The van der Waals surface area contributed by atoms with Gasteiger partial charge in [-0.15, -0.1) is 12.4 Å². The Balaban J connectivity index is 0.00000341. The summed E-state index contributed by atoms with van der Waals surface area (Å²) in [5, 5.41) is 13.9. The van der Waals surface area contributed by atoms with Crippen molar-refractivity contribution in [2.24, 2.45) is 0 Å². The van der Waals surface area contributed by atoms with Crippen molar-refractivity contribution >= 4 is 29.2 Å². The first kappa shape index (κ1) is 25.1. The summed E-state index contributed by atoms with van der Waals surface area (Å²) in [6.07, 6.45) is 3.53. The molecule has 0 aliphatic carbocycles. The Morgan fingerprint density at radius 1 is 1.42 bits per heavy atom. The van der Waals surface area contributed by atoms with E-state index in [0.717, 1.165) is 38.8 Å². The Hall–Kier alpha value is -2.14. The van der Waals surface area contributed by atoms with Crippen LogP contribution in [-0.2, 0) is 11.3 Å². The fraction of sp³-hybridized carbons (Fsp3) is 0.565. The van der Waals surface area contributed by atoms with Gasteiger partial charge in [-0.05, 0) is 64.3 Å². The molecule has 0 saturated carbocycles. The van der Waals surface area contributed by atoms with Gasteiger partial charge in [0, 0.05) is 44.3 Å². The Bertz CT molecular complexity index is 932. The Morgan fingerprint density at radius 2 is 2.19 bits per heavy atom. The number of nitriles is 1. The van der Waals surface area contributed by atoms with Gasteiger partial charge in [0.2, 0.25) is 0 Å². The van der Waals surface area contributed by atoms with Crippen LogP contribution in [-0.4, -0.2) is 54.3 Å². The largest absolute Gasteiger partial charge is 0.385 e. The molecule has 1 aromatic carbocycles. The van der Waals surface area contributed by atoms with Gasteiger partial charge < -0.3 is 19.5 Å². The normalized spacial score (nSPS) is 16.2. The van der Waals surface area contributed by atoms with Crippen LogP contribution in [0.2, 0.25) is 0 Å². The summed E-state index contributed by atoms with van der Waals surface area (Å²) in [5.74, 6) is -0.530. The van der Waals surface area contributed by atoms with Crippen molar-refractivity contribution in [2.45, 2.75) is 58.2 Å². The summed E-state index contributed by atoms with van der Waals surface area (Å²) in [6, 6.07) is 6.67. The number of rotatable bonds is 8. The Labute approximate surface area is 189 Å². The van der Waals surface area contributed by atoms with Gasteiger partial charge in [-0.25, -0.2) is 4.39 Å². The van der Waals surface area contributed by atoms with Crippen LogP contribution in [0.3, 0.4) is 0 Å². The number of carbonyl (C=O) groups excluding carboxylic acids is 1. The molecule has 1 fully saturated rings. The monoisotopic (exact) mass is 450 g/mol. The first-order chi connectivity index (χ1) is 14.5. The number of carbonyl (C=O) groups is 1. The van der Waals surface area contributed by atoms with E-state index in [1.807, 2.05) is 23.3 Å². The highest BCUT2D eigenvalue weighted by Gasteiger charge is 2.33. The van der Waals surface area contributed by atoms with E-state index in [4.69, 9.17) is 4.74 Å². The van der Waals surface area contributed by atoms with E-state index in [9.17, 15) is 14.4 Å². The quantitative estimate of drug-likeness (QED) is 0.614. The smallest absolute Gasteiger partial charge is 0.272 e. The number of methoxy groups -OCH3 is 1. The molecule has 1 N–H and O–H groups in total. The zero-order valence-electron chi connectivity index (χ0n) is 18.5. The molecule has 8 heteroatoms. The van der Waals surface area contributed by atoms with E-state index >= 15 is 0 Å². The maximum Gasteiger partial charge on any atom is 0.272 e. The first-order valence-corrected chi connectivity index (χ1v) is 10.7. The van der Waals surface area contributed by atoms with Crippen molar-refractivity contribution in [1.82, 2.24) is 14.8 Å². The molecule has 1 atom stereocenters. The van der Waals surface area contributed by atoms with Crippen LogP contribution >= 0.6 is 12.4 Å². The van der Waals surface area contributed by atoms with E-state index in [0.29, 0.717) is 35.3 Å². The van der Waals surface area contributed by atoms with Gasteiger partial charge in [0.05, 0.1) is 11.1 Å². The highest BCUT2D eigenvalue weighted by atomic mass is 35.5. The lowest BCUT2D eigenvalue weighted by Crippen LogP contribution is -2.52. The third-order valence-corrected chi connectivity index (χ3v) is 5.78. The van der Waals surface area contributed by atoms with E-state index in [-0.39, 0.29) is 36.2 Å². The molecule has 1 aromatic heterocycles.